The van der Waals surface area contributed by atoms with Crippen molar-refractivity contribution in [3.63, 3.8) is 0 Å². The number of aliphatic hydroxyl groups excluding tert-OH is 24. The van der Waals surface area contributed by atoms with Gasteiger partial charge < -0.3 is 230 Å². The van der Waals surface area contributed by atoms with Crippen molar-refractivity contribution in [3.05, 3.63) is 0 Å². The minimum atomic E-state index is -3.67. The number of nitrogens with one attached hydrogen (secondary N) is 4. The Morgan fingerprint density at radius 1 is 0.364 bits per heavy atom. The van der Waals surface area contributed by atoms with Crippen LogP contribution in [0.15, 0.2) is 0 Å². The van der Waals surface area contributed by atoms with Crippen LogP contribution in [0.3, 0.4) is 0 Å². The lowest BCUT2D eigenvalue weighted by atomic mass is 9.86. The number of aliphatic carboxylic acids is 3. The molecular weight excluding hydrogens is 1620 g/mol. The van der Waals surface area contributed by atoms with Crippen LogP contribution in [-0.2, 0) is 105 Å². The SMILES string of the molecule is CC(=O)N[C@H]1[C@H](O[C@@H]2[C@H](O)[C@@H](O[C@@H]3O[C@@H](C)[C@@H](O)[C@@H](O)[C@@H]3O)[C@H](O[C@H]3[C@H](O)[C@@H](O)[C@@H](O)O[C@@H]3CO)O[C@@H]2CO)O[C@H](CO)[C@H](O)[C@@H]1O[C@@H]1O[C@H](CO)[C@H](O)[C@H](O[C@]2(C(=O)O)C[C@H](O)[C@@H](NC(C)=O)[C@H]([C@H](O)[C@@H](CO)O[C@]3(C(=O)O)C[C@H](O)[C@@H](NC(C)=O)[C@H]([C@H](O)[C@@H](CO)O[C@]4(C(=O)O)C[C@H](O)[C@@H](NC(C)=O)[C@H]([C@H](O)[C@H](O)CO)O4)O3)O2)[C@H]1O. The maximum absolute atomic E-state index is 13.9. The van der Waals surface area contributed by atoms with Crippen molar-refractivity contribution in [3.8, 4) is 0 Å². The highest BCUT2D eigenvalue weighted by Gasteiger charge is 2.66. The smallest absolute Gasteiger partial charge is 0.364 e. The van der Waals surface area contributed by atoms with Gasteiger partial charge in [-0.2, -0.15) is 0 Å². The summed E-state index contributed by atoms with van der Waals surface area (Å²) < 4.78 is 87.0. The monoisotopic (exact) mass is 1730 g/mol. The molecule has 118 heavy (non-hydrogen) atoms. The van der Waals surface area contributed by atoms with Crippen molar-refractivity contribution in [1.29, 1.82) is 0 Å². The van der Waals surface area contributed by atoms with Crippen LogP contribution in [0.4, 0.5) is 0 Å². The normalized spacial score (nSPS) is 44.7. The van der Waals surface area contributed by atoms with Gasteiger partial charge in [0, 0.05) is 47.0 Å². The fraction of sp³-hybridized carbons (Fsp3) is 0.892. The zero-order valence-electron chi connectivity index (χ0n) is 63.2. The fourth-order valence-electron chi connectivity index (χ4n) is 15.1. The average molecular weight is 1730 g/mol. The van der Waals surface area contributed by atoms with Gasteiger partial charge >= 0.3 is 17.9 Å². The van der Waals surface area contributed by atoms with Crippen LogP contribution >= 0.6 is 0 Å². The van der Waals surface area contributed by atoms with Crippen molar-refractivity contribution >= 4 is 41.5 Å². The Morgan fingerprint density at radius 3 is 1.16 bits per heavy atom. The number of ether oxygens (including phenoxy) is 15. The van der Waals surface area contributed by atoms with E-state index in [1.807, 2.05) is 0 Å². The van der Waals surface area contributed by atoms with Gasteiger partial charge in [-0.1, -0.05) is 0 Å². The van der Waals surface area contributed by atoms with Gasteiger partial charge in [-0.05, 0) is 6.92 Å². The zero-order chi connectivity index (χ0) is 88.1. The number of carboxylic acids is 3. The van der Waals surface area contributed by atoms with Crippen molar-refractivity contribution in [2.75, 3.05) is 46.2 Å². The Morgan fingerprint density at radius 2 is 0.729 bits per heavy atom. The van der Waals surface area contributed by atoms with E-state index >= 15 is 0 Å². The van der Waals surface area contributed by atoms with Gasteiger partial charge in [0.1, 0.15) is 171 Å². The van der Waals surface area contributed by atoms with E-state index in [4.69, 9.17) is 71.1 Å². The number of aliphatic hydroxyl groups is 24. The van der Waals surface area contributed by atoms with Crippen LogP contribution in [0.1, 0.15) is 53.9 Å². The first kappa shape index (κ1) is 98.2. The molecule has 8 aliphatic rings. The summed E-state index contributed by atoms with van der Waals surface area (Å²) in [6.07, 6.45) is -86.0. The van der Waals surface area contributed by atoms with Crippen LogP contribution in [0.5, 0.6) is 0 Å². The molecule has 0 aromatic rings. The first-order valence-electron chi connectivity index (χ1n) is 36.9. The molecule has 680 valence electrons. The van der Waals surface area contributed by atoms with Crippen LogP contribution in [0.2, 0.25) is 0 Å². The third-order valence-corrected chi connectivity index (χ3v) is 21.2. The Hall–Kier alpha value is -5.27. The predicted molar refractivity (Wildman–Crippen MR) is 361 cm³/mol. The highest BCUT2D eigenvalue weighted by Crippen LogP contribution is 2.44. The molecule has 8 fully saturated rings. The van der Waals surface area contributed by atoms with E-state index in [9.17, 15) is 171 Å². The minimum absolute atomic E-state index is 0.804. The standard InChI is InChI=1S/C65H106N4O49/c1-16-35(85)41(91)44(94)57(104-16)112-54-45(95)48(30(15-76)108-59(54)110-47-29(14-75)105-55(97)43(93)42(47)92)109-56-34(69-20(5)80)49(37(87)25(10-71)106-56)111-58-46(96)53(38(88)26(11-72)107-58)118-65(62(102)103)8-23(83)33(68-19(4)79)52(117-65)40(90)28(13-74)114-64(61(100)101)7-22(82)32(67-18(3)78)51(116-64)39(89)27(12-73)113-63(60(98)99)6-21(81)31(66-17(2)77)50(115-63)36(86)24(84)9-70/h16,21-59,70-76,81-97H,6-15H2,1-5H3,(H,66,77)(H,67,78)(H,68,79)(H,69,80)(H,98,99)(H,100,101)(H,102,103)/t16-,21-,22-,23-,24+,25+,26+,27+,28+,29+,30+,31+,32+,33+,34+,35+,36+,37-,38-,39+,40+,41+,42+,43+,44-,45-,46+,47+,48-,49+,50+,51+,52+,53-,54+,55-,56-,57-,58-,59-,63+,64+,65-/m0/s1. The predicted octanol–water partition coefficient (Wildman–Crippen LogP) is -19.2. The second-order valence-corrected chi connectivity index (χ2v) is 29.6. The summed E-state index contributed by atoms with van der Waals surface area (Å²) in [6, 6.07) is -8.18. The van der Waals surface area contributed by atoms with E-state index in [1.54, 1.807) is 0 Å². The highest BCUT2D eigenvalue weighted by molar-refractivity contribution is 5.78. The Bertz CT molecular complexity index is 3330. The van der Waals surface area contributed by atoms with Crippen molar-refractivity contribution in [2.45, 2.75) is 316 Å². The summed E-state index contributed by atoms with van der Waals surface area (Å²) in [5.74, 6) is -21.9. The van der Waals surface area contributed by atoms with Crippen LogP contribution < -0.4 is 21.3 Å². The largest absolute Gasteiger partial charge is 0.477 e. The first-order chi connectivity index (χ1) is 55.3. The van der Waals surface area contributed by atoms with E-state index in [-0.39, 0.29) is 0 Å². The van der Waals surface area contributed by atoms with E-state index in [2.05, 4.69) is 21.3 Å². The summed E-state index contributed by atoms with van der Waals surface area (Å²) in [4.78, 5) is 92.0. The molecule has 0 aromatic heterocycles. The molecule has 0 unspecified atom stereocenters. The number of hydrogen-bond acceptors (Lipinski definition) is 46. The number of carbonyl (C=O) groups excluding carboxylic acids is 4. The molecule has 0 radical (unpaired) electrons. The summed E-state index contributed by atoms with van der Waals surface area (Å²) in [5.41, 5.74) is 0. The van der Waals surface area contributed by atoms with E-state index < -0.39 is 369 Å². The fourth-order valence-corrected chi connectivity index (χ4v) is 15.1. The van der Waals surface area contributed by atoms with Gasteiger partial charge in [-0.25, -0.2) is 14.4 Å². The zero-order valence-corrected chi connectivity index (χ0v) is 63.2. The lowest BCUT2D eigenvalue weighted by Gasteiger charge is -2.52. The van der Waals surface area contributed by atoms with Crippen molar-refractivity contribution < 1.29 is 242 Å². The van der Waals surface area contributed by atoms with Gasteiger partial charge in [0.25, 0.3) is 17.4 Å². The third kappa shape index (κ3) is 21.0. The quantitative estimate of drug-likeness (QED) is 0.0284. The number of carboxylic acid groups (broad SMARTS) is 3. The number of hydrogen-bond donors (Lipinski definition) is 31. The molecule has 8 heterocycles. The summed E-state index contributed by atoms with van der Waals surface area (Å²) >= 11 is 0. The molecule has 53 nitrogen and oxygen atoms in total. The maximum Gasteiger partial charge on any atom is 0.364 e. The lowest BCUT2D eigenvalue weighted by molar-refractivity contribution is -0.401. The molecule has 8 rings (SSSR count). The number of amides is 4. The van der Waals surface area contributed by atoms with Gasteiger partial charge in [0.15, 0.2) is 31.5 Å². The van der Waals surface area contributed by atoms with Crippen molar-refractivity contribution in [1.82, 2.24) is 21.3 Å². The summed E-state index contributed by atoms with van der Waals surface area (Å²) in [7, 11) is 0. The molecule has 8 aliphatic heterocycles. The van der Waals surface area contributed by atoms with E-state index in [1.165, 1.54) is 6.92 Å². The van der Waals surface area contributed by atoms with Crippen LogP contribution in [0.25, 0.3) is 0 Å². The molecule has 43 atom stereocenters. The van der Waals surface area contributed by atoms with Gasteiger partial charge in [-0.15, -0.1) is 0 Å². The van der Waals surface area contributed by atoms with Crippen LogP contribution in [0, 0.1) is 0 Å². The molecule has 0 spiro atoms. The molecule has 53 heteroatoms. The third-order valence-electron chi connectivity index (χ3n) is 21.2. The second-order valence-electron chi connectivity index (χ2n) is 29.6. The lowest BCUT2D eigenvalue weighted by Crippen LogP contribution is -2.72. The molecule has 0 aliphatic carbocycles. The number of rotatable bonds is 34. The molecule has 0 bridgehead atoms. The minimum Gasteiger partial charge on any atom is -0.477 e. The second kappa shape index (κ2) is 41.0. The molecular formula is C65H106N4O49. The first-order valence-corrected chi connectivity index (χ1v) is 36.9. The Kier molecular flexibility index (Phi) is 34.1. The Balaban J connectivity index is 1.09. The topological polar surface area (TPSA) is 852 Å². The summed E-state index contributed by atoms with van der Waals surface area (Å²) in [6.45, 7) is -4.78. The number of carbonyl (C=O) groups is 7. The van der Waals surface area contributed by atoms with Crippen LogP contribution in [-0.4, -0.2) is 488 Å². The Labute approximate surface area is 666 Å². The molecule has 0 aromatic carbocycles. The highest BCUT2D eigenvalue weighted by atomic mass is 16.8. The summed E-state index contributed by atoms with van der Waals surface area (Å²) in [5, 5.41) is 309. The molecule has 0 saturated carbocycles. The average Bonchev–Trinajstić information content (AvgIpc) is 0.750. The van der Waals surface area contributed by atoms with Crippen molar-refractivity contribution in [2.24, 2.45) is 0 Å². The molecule has 31 N–H and O–H groups in total. The maximum atomic E-state index is 13.9. The van der Waals surface area contributed by atoms with Gasteiger partial charge in [0.05, 0.1) is 88.8 Å². The van der Waals surface area contributed by atoms with E-state index in [0.717, 1.165) is 27.7 Å². The molecule has 8 saturated heterocycles. The van der Waals surface area contributed by atoms with Gasteiger partial charge in [-0.3, -0.25) is 19.2 Å². The van der Waals surface area contributed by atoms with Gasteiger partial charge in [0.2, 0.25) is 23.6 Å². The van der Waals surface area contributed by atoms with E-state index in [0.29, 0.717) is 0 Å². The molecule has 4 amide bonds.